The maximum absolute atomic E-state index is 12.1. The number of ether oxygens (including phenoxy) is 1. The quantitative estimate of drug-likeness (QED) is 0.859. The van der Waals surface area contributed by atoms with Gasteiger partial charge in [0.1, 0.15) is 5.76 Å². The van der Waals surface area contributed by atoms with E-state index in [1.165, 1.54) is 0 Å². The average Bonchev–Trinajstić information content (AvgIpc) is 2.80. The molecule has 0 bridgehead atoms. The number of hydrogen-bond donors (Lipinski definition) is 1. The molecule has 1 amide bonds. The van der Waals surface area contributed by atoms with Crippen LogP contribution in [0.5, 0.6) is 0 Å². The van der Waals surface area contributed by atoms with Crippen molar-refractivity contribution in [3.63, 3.8) is 0 Å². The van der Waals surface area contributed by atoms with E-state index in [9.17, 15) is 4.79 Å². The molecular formula is C15H25N3O3. The lowest BCUT2D eigenvalue weighted by Crippen LogP contribution is -2.33. The van der Waals surface area contributed by atoms with E-state index in [1.54, 1.807) is 11.9 Å². The van der Waals surface area contributed by atoms with Crippen LogP contribution in [0.25, 0.3) is 0 Å². The molecule has 1 aromatic heterocycles. The Morgan fingerprint density at radius 1 is 1.43 bits per heavy atom. The highest BCUT2D eigenvalue weighted by Crippen LogP contribution is 2.15. The molecule has 118 valence electrons. The second kappa shape index (κ2) is 7.56. The Kier molecular flexibility index (Phi) is 5.76. The zero-order valence-corrected chi connectivity index (χ0v) is 13.1. The van der Waals surface area contributed by atoms with E-state index in [0.29, 0.717) is 25.7 Å². The van der Waals surface area contributed by atoms with E-state index in [2.05, 4.69) is 10.5 Å². The van der Waals surface area contributed by atoms with Crippen LogP contribution in [0.2, 0.25) is 0 Å². The van der Waals surface area contributed by atoms with Crippen LogP contribution in [0.4, 0.5) is 0 Å². The van der Waals surface area contributed by atoms with Gasteiger partial charge in [0.25, 0.3) is 0 Å². The van der Waals surface area contributed by atoms with E-state index in [0.717, 1.165) is 42.9 Å². The third-order valence-corrected chi connectivity index (χ3v) is 3.96. The second-order valence-electron chi connectivity index (χ2n) is 5.62. The maximum Gasteiger partial charge on any atom is 0.224 e. The van der Waals surface area contributed by atoms with Gasteiger partial charge < -0.3 is 19.5 Å². The summed E-state index contributed by atoms with van der Waals surface area (Å²) >= 11 is 0. The third-order valence-electron chi connectivity index (χ3n) is 3.96. The first kappa shape index (κ1) is 16.0. The number of hydrogen-bond acceptors (Lipinski definition) is 5. The Morgan fingerprint density at radius 2 is 2.14 bits per heavy atom. The summed E-state index contributed by atoms with van der Waals surface area (Å²) in [6.07, 6.45) is 2.78. The smallest absolute Gasteiger partial charge is 0.224 e. The lowest BCUT2D eigenvalue weighted by atomic mass is 10.1. The predicted octanol–water partition coefficient (Wildman–Crippen LogP) is 1.41. The topological polar surface area (TPSA) is 67.6 Å². The maximum atomic E-state index is 12.1. The van der Waals surface area contributed by atoms with Gasteiger partial charge in [-0.1, -0.05) is 5.16 Å². The van der Waals surface area contributed by atoms with Gasteiger partial charge in [-0.2, -0.15) is 0 Å². The van der Waals surface area contributed by atoms with Crippen molar-refractivity contribution in [2.75, 3.05) is 26.7 Å². The summed E-state index contributed by atoms with van der Waals surface area (Å²) in [5, 5.41) is 7.21. The van der Waals surface area contributed by atoms with Crippen molar-refractivity contribution in [2.45, 2.75) is 45.8 Å². The average molecular weight is 295 g/mol. The molecule has 0 spiro atoms. The molecule has 1 aliphatic rings. The Morgan fingerprint density at radius 3 is 2.76 bits per heavy atom. The number of nitrogens with one attached hydrogen (secondary N) is 1. The SMILES string of the molecule is Cc1noc(C)c1CN(C)C(=O)CCOC1CCNCC1. The number of rotatable bonds is 6. The molecule has 0 aromatic carbocycles. The molecule has 0 atom stereocenters. The summed E-state index contributed by atoms with van der Waals surface area (Å²) in [5.41, 5.74) is 1.84. The van der Waals surface area contributed by atoms with Gasteiger partial charge in [0.15, 0.2) is 0 Å². The fourth-order valence-corrected chi connectivity index (χ4v) is 2.52. The molecule has 0 saturated carbocycles. The van der Waals surface area contributed by atoms with Crippen molar-refractivity contribution in [1.29, 1.82) is 0 Å². The normalized spacial score (nSPS) is 16.1. The molecule has 1 aliphatic heterocycles. The van der Waals surface area contributed by atoms with E-state index in [4.69, 9.17) is 9.26 Å². The van der Waals surface area contributed by atoms with Gasteiger partial charge in [-0.3, -0.25) is 4.79 Å². The number of piperidine rings is 1. The van der Waals surface area contributed by atoms with Crippen molar-refractivity contribution in [3.05, 3.63) is 17.0 Å². The Balaban J connectivity index is 1.72. The highest BCUT2D eigenvalue weighted by molar-refractivity contribution is 5.76. The van der Waals surface area contributed by atoms with Gasteiger partial charge in [0, 0.05) is 12.6 Å². The largest absolute Gasteiger partial charge is 0.378 e. The van der Waals surface area contributed by atoms with E-state index in [-0.39, 0.29) is 5.91 Å². The molecule has 0 unspecified atom stereocenters. The molecule has 2 heterocycles. The minimum Gasteiger partial charge on any atom is -0.378 e. The van der Waals surface area contributed by atoms with Gasteiger partial charge in [-0.15, -0.1) is 0 Å². The molecule has 1 aromatic rings. The van der Waals surface area contributed by atoms with Crippen molar-refractivity contribution in [2.24, 2.45) is 0 Å². The third kappa shape index (κ3) is 4.54. The van der Waals surface area contributed by atoms with Crippen LogP contribution in [0.15, 0.2) is 4.52 Å². The summed E-state index contributed by atoms with van der Waals surface area (Å²) < 4.78 is 10.9. The van der Waals surface area contributed by atoms with Crippen LogP contribution in [-0.2, 0) is 16.1 Å². The Labute approximate surface area is 125 Å². The van der Waals surface area contributed by atoms with Gasteiger partial charge in [0.2, 0.25) is 5.91 Å². The Bertz CT molecular complexity index is 447. The fraction of sp³-hybridized carbons (Fsp3) is 0.733. The highest BCUT2D eigenvalue weighted by atomic mass is 16.5. The minimum atomic E-state index is 0.0870. The fourth-order valence-electron chi connectivity index (χ4n) is 2.52. The van der Waals surface area contributed by atoms with Crippen LogP contribution >= 0.6 is 0 Å². The first-order valence-electron chi connectivity index (χ1n) is 7.56. The predicted molar refractivity (Wildman–Crippen MR) is 78.9 cm³/mol. The van der Waals surface area contributed by atoms with E-state index in [1.807, 2.05) is 13.8 Å². The Hall–Kier alpha value is -1.40. The van der Waals surface area contributed by atoms with Gasteiger partial charge in [0.05, 0.1) is 31.4 Å². The summed E-state index contributed by atoms with van der Waals surface area (Å²) in [6, 6.07) is 0. The molecular weight excluding hydrogens is 270 g/mol. The molecule has 1 fully saturated rings. The summed E-state index contributed by atoms with van der Waals surface area (Å²) in [5.74, 6) is 0.863. The monoisotopic (exact) mass is 295 g/mol. The summed E-state index contributed by atoms with van der Waals surface area (Å²) in [7, 11) is 1.80. The molecule has 6 nitrogen and oxygen atoms in total. The van der Waals surface area contributed by atoms with Crippen molar-refractivity contribution in [3.8, 4) is 0 Å². The first-order valence-corrected chi connectivity index (χ1v) is 7.56. The number of aryl methyl sites for hydroxylation is 2. The lowest BCUT2D eigenvalue weighted by molar-refractivity contribution is -0.132. The van der Waals surface area contributed by atoms with Crippen LogP contribution in [0, 0.1) is 13.8 Å². The minimum absolute atomic E-state index is 0.0870. The van der Waals surface area contributed by atoms with Crippen LogP contribution < -0.4 is 5.32 Å². The van der Waals surface area contributed by atoms with Crippen molar-refractivity contribution in [1.82, 2.24) is 15.4 Å². The number of nitrogens with zero attached hydrogens (tertiary/aromatic N) is 2. The number of amides is 1. The molecule has 1 N–H and O–H groups in total. The van der Waals surface area contributed by atoms with Crippen LogP contribution in [-0.4, -0.2) is 48.8 Å². The molecule has 0 aliphatic carbocycles. The molecule has 0 radical (unpaired) electrons. The highest BCUT2D eigenvalue weighted by Gasteiger charge is 2.17. The van der Waals surface area contributed by atoms with Gasteiger partial charge >= 0.3 is 0 Å². The van der Waals surface area contributed by atoms with Gasteiger partial charge in [-0.05, 0) is 39.8 Å². The first-order chi connectivity index (χ1) is 10.1. The zero-order chi connectivity index (χ0) is 15.2. The molecule has 6 heteroatoms. The summed E-state index contributed by atoms with van der Waals surface area (Å²) in [6.45, 7) is 6.80. The van der Waals surface area contributed by atoms with Crippen molar-refractivity contribution >= 4 is 5.91 Å². The molecule has 2 rings (SSSR count). The van der Waals surface area contributed by atoms with E-state index >= 15 is 0 Å². The van der Waals surface area contributed by atoms with E-state index < -0.39 is 0 Å². The number of aromatic nitrogens is 1. The number of carbonyl (C=O) groups excluding carboxylic acids is 1. The lowest BCUT2D eigenvalue weighted by Gasteiger charge is -2.23. The second-order valence-corrected chi connectivity index (χ2v) is 5.62. The molecule has 1 saturated heterocycles. The van der Waals surface area contributed by atoms with Crippen LogP contribution in [0.3, 0.4) is 0 Å². The summed E-state index contributed by atoms with van der Waals surface area (Å²) in [4.78, 5) is 13.8. The zero-order valence-electron chi connectivity index (χ0n) is 13.1. The molecule has 21 heavy (non-hydrogen) atoms. The standard InChI is InChI=1S/C15H25N3O3/c1-11-14(12(2)21-17-11)10-18(3)15(19)6-9-20-13-4-7-16-8-5-13/h13,16H,4-10H2,1-3H3. The number of carbonyl (C=O) groups is 1. The van der Waals surface area contributed by atoms with Crippen LogP contribution in [0.1, 0.15) is 36.3 Å². The van der Waals surface area contributed by atoms with Gasteiger partial charge in [-0.25, -0.2) is 0 Å². The van der Waals surface area contributed by atoms with Crippen molar-refractivity contribution < 1.29 is 14.1 Å².